The minimum Gasteiger partial charge on any atom is -0.451 e. The van der Waals surface area contributed by atoms with Crippen LogP contribution in [0.1, 0.15) is 21.8 Å². The number of carbonyl (C=O) groups excluding carboxylic acids is 2. The monoisotopic (exact) mass is 519 g/mol. The molecule has 0 saturated heterocycles. The van der Waals surface area contributed by atoms with Crippen molar-refractivity contribution in [2.75, 3.05) is 18.9 Å². The number of fused-ring (bicyclic) bond motifs is 1. The highest BCUT2D eigenvalue weighted by Crippen LogP contribution is 2.33. The van der Waals surface area contributed by atoms with Crippen LogP contribution in [0.25, 0.3) is 11.0 Å². The van der Waals surface area contributed by atoms with Crippen molar-refractivity contribution in [1.29, 1.82) is 0 Å². The van der Waals surface area contributed by atoms with Crippen molar-refractivity contribution in [3.8, 4) is 0 Å². The van der Waals surface area contributed by atoms with Crippen LogP contribution in [-0.4, -0.2) is 35.3 Å². The zero-order valence-corrected chi connectivity index (χ0v) is 20.9. The Morgan fingerprint density at radius 1 is 1.18 bits per heavy atom. The van der Waals surface area contributed by atoms with Gasteiger partial charge in [0.15, 0.2) is 5.76 Å². The molecule has 0 aliphatic rings. The number of aryl methyl sites for hydroxylation is 1. The van der Waals surface area contributed by atoms with Gasteiger partial charge in [0, 0.05) is 40.5 Å². The number of hydrogen-bond acceptors (Lipinski definition) is 6. The molecular formula is C23H19Cl2N3O3S2. The highest BCUT2D eigenvalue weighted by molar-refractivity contribution is 8.00. The van der Waals surface area contributed by atoms with Crippen LogP contribution < -0.4 is 5.32 Å². The second-order valence-corrected chi connectivity index (χ2v) is 10.2. The van der Waals surface area contributed by atoms with Gasteiger partial charge in [-0.2, -0.15) is 0 Å². The molecule has 0 saturated carbocycles. The van der Waals surface area contributed by atoms with Gasteiger partial charge in [0.25, 0.3) is 5.91 Å². The standard InChI is InChI=1S/C23H19Cl2N3O3S2/c1-13-11-32-23(26-13)33-12-16-15-5-3-4-6-19(15)31-21(16)22(30)28(2)10-20(29)27-14-7-8-17(24)18(25)9-14/h3-9,11H,10,12H2,1-2H3,(H,27,29). The maximum absolute atomic E-state index is 13.2. The van der Waals surface area contributed by atoms with E-state index in [1.807, 2.05) is 36.6 Å². The molecule has 0 spiro atoms. The van der Waals surface area contributed by atoms with Crippen LogP contribution in [0.5, 0.6) is 0 Å². The molecule has 6 nitrogen and oxygen atoms in total. The summed E-state index contributed by atoms with van der Waals surface area (Å²) in [6.45, 7) is 1.79. The van der Waals surface area contributed by atoms with Crippen LogP contribution >= 0.6 is 46.3 Å². The van der Waals surface area contributed by atoms with E-state index in [1.165, 1.54) is 4.90 Å². The number of benzene rings is 2. The third kappa shape index (κ3) is 5.52. The molecule has 0 bridgehead atoms. The van der Waals surface area contributed by atoms with E-state index in [0.29, 0.717) is 27.1 Å². The lowest BCUT2D eigenvalue weighted by Gasteiger charge is -2.16. The third-order valence-electron chi connectivity index (χ3n) is 4.76. The number of hydrogen-bond donors (Lipinski definition) is 1. The third-order valence-corrected chi connectivity index (χ3v) is 7.67. The van der Waals surface area contributed by atoms with E-state index in [2.05, 4.69) is 10.3 Å². The van der Waals surface area contributed by atoms with E-state index in [9.17, 15) is 9.59 Å². The molecule has 2 aromatic carbocycles. The molecule has 0 aliphatic carbocycles. The normalized spacial score (nSPS) is 11.0. The second kappa shape index (κ2) is 10.2. The number of rotatable bonds is 7. The average Bonchev–Trinajstić information content (AvgIpc) is 3.37. The largest absolute Gasteiger partial charge is 0.451 e. The van der Waals surface area contributed by atoms with Gasteiger partial charge in [0.1, 0.15) is 9.92 Å². The van der Waals surface area contributed by atoms with Gasteiger partial charge in [-0.05, 0) is 31.2 Å². The summed E-state index contributed by atoms with van der Waals surface area (Å²) in [5.41, 5.74) is 2.86. The topological polar surface area (TPSA) is 75.4 Å². The van der Waals surface area contributed by atoms with E-state index in [0.717, 1.165) is 21.0 Å². The van der Waals surface area contributed by atoms with Gasteiger partial charge in [-0.3, -0.25) is 9.59 Å². The van der Waals surface area contributed by atoms with Crippen molar-refractivity contribution in [2.24, 2.45) is 0 Å². The summed E-state index contributed by atoms with van der Waals surface area (Å²) in [5.74, 6) is 0.00621. The number of nitrogens with one attached hydrogen (secondary N) is 1. The highest BCUT2D eigenvalue weighted by atomic mass is 35.5. The number of furan rings is 1. The average molecular weight is 520 g/mol. The number of thioether (sulfide) groups is 1. The molecule has 170 valence electrons. The fourth-order valence-electron chi connectivity index (χ4n) is 3.18. The van der Waals surface area contributed by atoms with Crippen molar-refractivity contribution in [3.05, 3.63) is 74.9 Å². The first-order valence-corrected chi connectivity index (χ1v) is 12.5. The first-order valence-electron chi connectivity index (χ1n) is 9.87. The van der Waals surface area contributed by atoms with Gasteiger partial charge in [-0.25, -0.2) is 4.98 Å². The Hall–Kier alpha value is -2.52. The van der Waals surface area contributed by atoms with Crippen molar-refractivity contribution >= 4 is 74.8 Å². The second-order valence-electron chi connectivity index (χ2n) is 7.29. The summed E-state index contributed by atoms with van der Waals surface area (Å²) in [5, 5.41) is 6.30. The van der Waals surface area contributed by atoms with Crippen molar-refractivity contribution in [2.45, 2.75) is 17.0 Å². The minimum atomic E-state index is -0.374. The van der Waals surface area contributed by atoms with Crippen molar-refractivity contribution < 1.29 is 14.0 Å². The Bertz CT molecular complexity index is 1340. The maximum atomic E-state index is 13.2. The molecule has 2 heterocycles. The summed E-state index contributed by atoms with van der Waals surface area (Å²) >= 11 is 15.0. The van der Waals surface area contributed by atoms with Gasteiger partial charge in [0.05, 0.1) is 16.6 Å². The lowest BCUT2D eigenvalue weighted by atomic mass is 10.1. The summed E-state index contributed by atoms with van der Waals surface area (Å²) in [7, 11) is 1.56. The van der Waals surface area contributed by atoms with Crippen molar-refractivity contribution in [1.82, 2.24) is 9.88 Å². The maximum Gasteiger partial charge on any atom is 0.290 e. The molecule has 0 unspecified atom stereocenters. The lowest BCUT2D eigenvalue weighted by molar-refractivity contribution is -0.116. The first kappa shape index (κ1) is 23.6. The van der Waals surface area contributed by atoms with E-state index < -0.39 is 0 Å². The predicted octanol–water partition coefficient (Wildman–Crippen LogP) is 6.51. The van der Waals surface area contributed by atoms with Gasteiger partial charge >= 0.3 is 0 Å². The number of amides is 2. The Kier molecular flexibility index (Phi) is 7.29. The quantitative estimate of drug-likeness (QED) is 0.281. The fourth-order valence-corrected chi connectivity index (χ4v) is 5.36. The number of likely N-dealkylation sites (N-methyl/N-ethyl adjacent to an activating group) is 1. The zero-order chi connectivity index (χ0) is 23.5. The zero-order valence-electron chi connectivity index (χ0n) is 17.7. The summed E-state index contributed by atoms with van der Waals surface area (Å²) in [4.78, 5) is 31.5. The summed E-state index contributed by atoms with van der Waals surface area (Å²) in [6.07, 6.45) is 0. The number of halogens is 2. The molecule has 0 atom stereocenters. The number of anilines is 1. The van der Waals surface area contributed by atoms with Gasteiger partial charge < -0.3 is 14.6 Å². The number of para-hydroxylation sites is 1. The number of aromatic nitrogens is 1. The first-order chi connectivity index (χ1) is 15.8. The van der Waals surface area contributed by atoms with Gasteiger partial charge in [-0.1, -0.05) is 53.2 Å². The molecule has 0 aliphatic heterocycles. The molecule has 33 heavy (non-hydrogen) atoms. The van der Waals surface area contributed by atoms with Crippen LogP contribution in [0.2, 0.25) is 10.0 Å². The number of thiazole rings is 1. The molecule has 0 fully saturated rings. The van der Waals surface area contributed by atoms with E-state index >= 15 is 0 Å². The smallest absolute Gasteiger partial charge is 0.290 e. The van der Waals surface area contributed by atoms with Crippen LogP contribution in [0, 0.1) is 6.92 Å². The van der Waals surface area contributed by atoms with E-state index in [4.69, 9.17) is 27.6 Å². The van der Waals surface area contributed by atoms with E-state index in [1.54, 1.807) is 48.3 Å². The highest BCUT2D eigenvalue weighted by Gasteiger charge is 2.25. The van der Waals surface area contributed by atoms with E-state index in [-0.39, 0.29) is 24.1 Å². The molecular weight excluding hydrogens is 501 g/mol. The SMILES string of the molecule is Cc1csc(SCc2c(C(=O)N(C)CC(=O)Nc3ccc(Cl)c(Cl)c3)oc3ccccc23)n1. The number of carbonyl (C=O) groups is 2. The molecule has 2 amide bonds. The summed E-state index contributed by atoms with van der Waals surface area (Å²) in [6, 6.07) is 12.3. The number of nitrogens with zero attached hydrogens (tertiary/aromatic N) is 2. The molecule has 4 rings (SSSR count). The Labute approximate surface area is 208 Å². The molecule has 4 aromatic rings. The van der Waals surface area contributed by atoms with Crippen molar-refractivity contribution in [3.63, 3.8) is 0 Å². The Balaban J connectivity index is 1.51. The Morgan fingerprint density at radius 2 is 1.97 bits per heavy atom. The molecule has 0 radical (unpaired) electrons. The van der Waals surface area contributed by atoms with Gasteiger partial charge in [0.2, 0.25) is 5.91 Å². The molecule has 1 N–H and O–H groups in total. The minimum absolute atomic E-state index is 0.158. The predicted molar refractivity (Wildman–Crippen MR) is 135 cm³/mol. The fraction of sp³-hybridized carbons (Fsp3) is 0.174. The summed E-state index contributed by atoms with van der Waals surface area (Å²) < 4.78 is 6.84. The van der Waals surface area contributed by atoms with Crippen LogP contribution in [0.15, 0.2) is 56.6 Å². The van der Waals surface area contributed by atoms with Gasteiger partial charge in [-0.15, -0.1) is 11.3 Å². The molecule has 2 aromatic heterocycles. The van der Waals surface area contributed by atoms with Crippen LogP contribution in [0.3, 0.4) is 0 Å². The lowest BCUT2D eigenvalue weighted by Crippen LogP contribution is -2.35. The van der Waals surface area contributed by atoms with Crippen LogP contribution in [-0.2, 0) is 10.5 Å². The van der Waals surface area contributed by atoms with Crippen LogP contribution in [0.4, 0.5) is 5.69 Å². The molecule has 10 heteroatoms. The Morgan fingerprint density at radius 3 is 2.70 bits per heavy atom.